The zero-order valence-electron chi connectivity index (χ0n) is 14.5. The summed E-state index contributed by atoms with van der Waals surface area (Å²) in [6.45, 7) is 3.68. The average Bonchev–Trinajstić information content (AvgIpc) is 2.47. The predicted octanol–water partition coefficient (Wildman–Crippen LogP) is 2.79. The Balaban J connectivity index is 0.00000441. The number of methoxy groups -OCH3 is 2. The molecule has 0 saturated heterocycles. The minimum Gasteiger partial charge on any atom is -0.385 e. The minimum absolute atomic E-state index is 0. The van der Waals surface area contributed by atoms with Crippen LogP contribution in [0.15, 0.2) is 4.99 Å². The van der Waals surface area contributed by atoms with E-state index < -0.39 is 0 Å². The normalized spacial score (nSPS) is 16.6. The molecule has 0 aliphatic heterocycles. The van der Waals surface area contributed by atoms with Crippen molar-refractivity contribution < 1.29 is 9.47 Å². The fourth-order valence-electron chi connectivity index (χ4n) is 2.76. The van der Waals surface area contributed by atoms with E-state index in [9.17, 15) is 0 Å². The van der Waals surface area contributed by atoms with Gasteiger partial charge in [0.05, 0.1) is 0 Å². The third-order valence-electron chi connectivity index (χ3n) is 4.42. The molecule has 0 radical (unpaired) electrons. The number of hydrogen-bond acceptors (Lipinski definition) is 3. The van der Waals surface area contributed by atoms with E-state index in [-0.39, 0.29) is 24.0 Å². The molecule has 0 heterocycles. The van der Waals surface area contributed by atoms with E-state index in [4.69, 9.17) is 9.47 Å². The smallest absolute Gasteiger partial charge is 0.190 e. The second-order valence-corrected chi connectivity index (χ2v) is 6.00. The first-order chi connectivity index (χ1) is 10.3. The number of nitrogens with zero attached hydrogens (tertiary/aromatic N) is 1. The maximum atomic E-state index is 5.23. The van der Waals surface area contributed by atoms with Crippen LogP contribution in [0, 0.1) is 5.41 Å². The van der Waals surface area contributed by atoms with Crippen LogP contribution in [0.4, 0.5) is 0 Å². The van der Waals surface area contributed by atoms with Crippen molar-refractivity contribution in [1.82, 2.24) is 10.6 Å². The molecule has 1 aliphatic rings. The van der Waals surface area contributed by atoms with Gasteiger partial charge < -0.3 is 20.1 Å². The molecule has 132 valence electrons. The van der Waals surface area contributed by atoms with Crippen LogP contribution in [-0.4, -0.2) is 53.5 Å². The zero-order chi connectivity index (χ0) is 15.4. The molecular weight excluding hydrogens is 393 g/mol. The van der Waals surface area contributed by atoms with Crippen LogP contribution >= 0.6 is 24.0 Å². The van der Waals surface area contributed by atoms with Crippen LogP contribution in [0.1, 0.15) is 44.9 Å². The van der Waals surface area contributed by atoms with E-state index in [1.807, 2.05) is 7.05 Å². The van der Waals surface area contributed by atoms with Crippen LogP contribution < -0.4 is 10.6 Å². The van der Waals surface area contributed by atoms with Crippen molar-refractivity contribution in [2.75, 3.05) is 47.6 Å². The number of halogens is 1. The molecule has 0 aromatic rings. The SMILES string of the molecule is CN=C(NCCCCCOC)NCC1(CCOC)CCC1.I. The number of nitrogens with one attached hydrogen (secondary N) is 2. The zero-order valence-corrected chi connectivity index (χ0v) is 16.8. The Morgan fingerprint density at radius 2 is 1.77 bits per heavy atom. The average molecular weight is 427 g/mol. The van der Waals surface area contributed by atoms with Gasteiger partial charge in [-0.05, 0) is 43.9 Å². The summed E-state index contributed by atoms with van der Waals surface area (Å²) in [4.78, 5) is 4.30. The first-order valence-corrected chi connectivity index (χ1v) is 8.19. The molecule has 6 heteroatoms. The Bertz CT molecular complexity index is 297. The second kappa shape index (κ2) is 13.4. The number of hydrogen-bond donors (Lipinski definition) is 2. The maximum Gasteiger partial charge on any atom is 0.190 e. The molecular formula is C16H34IN3O2. The van der Waals surface area contributed by atoms with Crippen LogP contribution in [-0.2, 0) is 9.47 Å². The van der Waals surface area contributed by atoms with Crippen molar-refractivity contribution in [3.63, 3.8) is 0 Å². The standard InChI is InChI=1S/C16H33N3O2.HI/c1-17-15(18-11-5-4-6-12-20-2)19-14-16(8-7-9-16)10-13-21-3;/h4-14H2,1-3H3,(H2,17,18,19);1H. The number of aliphatic imine (C=N–C) groups is 1. The van der Waals surface area contributed by atoms with Gasteiger partial charge >= 0.3 is 0 Å². The number of unbranched alkanes of at least 4 members (excludes halogenated alkanes) is 2. The molecule has 1 fully saturated rings. The lowest BCUT2D eigenvalue weighted by Crippen LogP contribution is -2.47. The lowest BCUT2D eigenvalue weighted by molar-refractivity contribution is 0.0732. The number of rotatable bonds is 11. The summed E-state index contributed by atoms with van der Waals surface area (Å²) >= 11 is 0. The minimum atomic E-state index is 0. The van der Waals surface area contributed by atoms with Crippen LogP contribution in [0.3, 0.4) is 0 Å². The Morgan fingerprint density at radius 1 is 1.05 bits per heavy atom. The monoisotopic (exact) mass is 427 g/mol. The summed E-state index contributed by atoms with van der Waals surface area (Å²) in [6, 6.07) is 0. The summed E-state index contributed by atoms with van der Waals surface area (Å²) in [7, 11) is 5.37. The van der Waals surface area contributed by atoms with Gasteiger partial charge in [0.15, 0.2) is 5.96 Å². The van der Waals surface area contributed by atoms with Crippen LogP contribution in [0.2, 0.25) is 0 Å². The molecule has 0 spiro atoms. The van der Waals surface area contributed by atoms with Gasteiger partial charge in [-0.2, -0.15) is 0 Å². The van der Waals surface area contributed by atoms with Gasteiger partial charge in [-0.1, -0.05) is 6.42 Å². The second-order valence-electron chi connectivity index (χ2n) is 6.00. The number of guanidine groups is 1. The van der Waals surface area contributed by atoms with E-state index in [0.717, 1.165) is 51.5 Å². The largest absolute Gasteiger partial charge is 0.385 e. The van der Waals surface area contributed by atoms with Gasteiger partial charge in [0, 0.05) is 47.6 Å². The van der Waals surface area contributed by atoms with Gasteiger partial charge in [-0.15, -0.1) is 24.0 Å². The van der Waals surface area contributed by atoms with Crippen molar-refractivity contribution in [3.8, 4) is 0 Å². The summed E-state index contributed by atoms with van der Waals surface area (Å²) in [5.41, 5.74) is 0.423. The highest BCUT2D eigenvalue weighted by atomic mass is 127. The van der Waals surface area contributed by atoms with Crippen LogP contribution in [0.25, 0.3) is 0 Å². The van der Waals surface area contributed by atoms with Crippen molar-refractivity contribution in [2.45, 2.75) is 44.9 Å². The van der Waals surface area contributed by atoms with E-state index >= 15 is 0 Å². The highest BCUT2D eigenvalue weighted by Gasteiger charge is 2.36. The lowest BCUT2D eigenvalue weighted by atomic mass is 9.67. The van der Waals surface area contributed by atoms with Crippen molar-refractivity contribution in [1.29, 1.82) is 0 Å². The Kier molecular flexibility index (Phi) is 13.3. The maximum absolute atomic E-state index is 5.23. The first kappa shape index (κ1) is 21.9. The fourth-order valence-corrected chi connectivity index (χ4v) is 2.76. The highest BCUT2D eigenvalue weighted by Crippen LogP contribution is 2.43. The van der Waals surface area contributed by atoms with Gasteiger partial charge in [-0.3, -0.25) is 4.99 Å². The molecule has 0 unspecified atom stereocenters. The van der Waals surface area contributed by atoms with Crippen molar-refractivity contribution in [2.24, 2.45) is 10.4 Å². The Labute approximate surface area is 153 Å². The first-order valence-electron chi connectivity index (χ1n) is 8.19. The summed E-state index contributed by atoms with van der Waals surface area (Å²) in [5, 5.41) is 6.87. The lowest BCUT2D eigenvalue weighted by Gasteiger charge is -2.42. The van der Waals surface area contributed by atoms with Gasteiger partial charge in [0.1, 0.15) is 0 Å². The van der Waals surface area contributed by atoms with E-state index in [1.165, 1.54) is 25.7 Å². The van der Waals surface area contributed by atoms with Gasteiger partial charge in [-0.25, -0.2) is 0 Å². The summed E-state index contributed by atoms with van der Waals surface area (Å²) in [6.07, 6.45) is 8.56. The third-order valence-corrected chi connectivity index (χ3v) is 4.42. The molecule has 0 aromatic heterocycles. The van der Waals surface area contributed by atoms with E-state index in [1.54, 1.807) is 14.2 Å². The molecule has 0 aromatic carbocycles. The molecule has 0 amide bonds. The molecule has 22 heavy (non-hydrogen) atoms. The van der Waals surface area contributed by atoms with Gasteiger partial charge in [0.2, 0.25) is 0 Å². The predicted molar refractivity (Wildman–Crippen MR) is 103 cm³/mol. The molecule has 0 bridgehead atoms. The van der Waals surface area contributed by atoms with Crippen molar-refractivity contribution in [3.05, 3.63) is 0 Å². The highest BCUT2D eigenvalue weighted by molar-refractivity contribution is 14.0. The molecule has 2 N–H and O–H groups in total. The molecule has 0 atom stereocenters. The fraction of sp³-hybridized carbons (Fsp3) is 0.938. The summed E-state index contributed by atoms with van der Waals surface area (Å²) < 4.78 is 10.3. The van der Waals surface area contributed by atoms with Crippen LogP contribution in [0.5, 0.6) is 0 Å². The molecule has 1 aliphatic carbocycles. The Hall–Kier alpha value is -0.0800. The molecule has 5 nitrogen and oxygen atoms in total. The van der Waals surface area contributed by atoms with E-state index in [0.29, 0.717) is 5.41 Å². The topological polar surface area (TPSA) is 54.9 Å². The third kappa shape index (κ3) is 8.53. The number of ether oxygens (including phenoxy) is 2. The van der Waals surface area contributed by atoms with E-state index in [2.05, 4.69) is 15.6 Å². The van der Waals surface area contributed by atoms with Crippen molar-refractivity contribution >= 4 is 29.9 Å². The Morgan fingerprint density at radius 3 is 2.32 bits per heavy atom. The van der Waals surface area contributed by atoms with Gasteiger partial charge in [0.25, 0.3) is 0 Å². The quantitative estimate of drug-likeness (QED) is 0.231. The molecule has 1 rings (SSSR count). The molecule has 1 saturated carbocycles. The summed E-state index contributed by atoms with van der Waals surface area (Å²) in [5.74, 6) is 0.922.